The van der Waals surface area contributed by atoms with Crippen LogP contribution in [-0.2, 0) is 0 Å². The van der Waals surface area contributed by atoms with E-state index >= 15 is 0 Å². The molecule has 0 fully saturated rings. The van der Waals surface area contributed by atoms with Crippen molar-refractivity contribution in [1.82, 2.24) is 0 Å². The minimum atomic E-state index is -0.347. The molecule has 1 heterocycles. The molecule has 2 atom stereocenters. The Bertz CT molecular complexity index is 117. The van der Waals surface area contributed by atoms with Crippen LogP contribution < -0.4 is 28.9 Å². The number of halogens is 1. The molecule has 2 nitrogen and oxygen atoms in total. The quantitative estimate of drug-likeness (QED) is 0.413. The van der Waals surface area contributed by atoms with Crippen LogP contribution in [0.25, 0.3) is 0 Å². The molecule has 1 rings (SSSR count). The zero-order chi connectivity index (χ0) is 5.98. The fraction of sp³-hybridized carbons (Fsp3) is 0.333. The van der Waals surface area contributed by atoms with Crippen molar-refractivity contribution >= 4 is 0 Å². The highest BCUT2D eigenvalue weighted by Crippen LogP contribution is 1.81. The first-order chi connectivity index (χ1) is 3.80. The molecule has 0 aromatic rings. The number of aliphatic hydroxyl groups is 1. The van der Waals surface area contributed by atoms with Crippen LogP contribution >= 0.6 is 0 Å². The van der Waals surface area contributed by atoms with Crippen LogP contribution in [0.2, 0.25) is 0 Å². The second-order valence-electron chi connectivity index (χ2n) is 1.93. The SMILES string of the molecule is C[NH+]1C=CC=CC1O.[I-]. The number of quaternary nitrogens is 1. The van der Waals surface area contributed by atoms with Gasteiger partial charge in [0.15, 0.2) is 0 Å². The van der Waals surface area contributed by atoms with E-state index in [9.17, 15) is 0 Å². The maximum atomic E-state index is 9.00. The van der Waals surface area contributed by atoms with E-state index in [2.05, 4.69) is 0 Å². The van der Waals surface area contributed by atoms with Crippen molar-refractivity contribution < 1.29 is 34.0 Å². The van der Waals surface area contributed by atoms with Crippen molar-refractivity contribution in [1.29, 1.82) is 0 Å². The van der Waals surface area contributed by atoms with Gasteiger partial charge in [-0.25, -0.2) is 0 Å². The lowest BCUT2D eigenvalue weighted by Gasteiger charge is -2.13. The van der Waals surface area contributed by atoms with Gasteiger partial charge in [-0.05, 0) is 6.08 Å². The van der Waals surface area contributed by atoms with Crippen LogP contribution in [0.4, 0.5) is 0 Å². The van der Waals surface area contributed by atoms with Gasteiger partial charge in [-0.15, -0.1) is 0 Å². The molecule has 52 valence electrons. The van der Waals surface area contributed by atoms with Crippen LogP contribution in [0, 0.1) is 0 Å². The second kappa shape index (κ2) is 4.03. The standard InChI is InChI=1S/C6H9NO.HI/c1-7-5-3-2-4-6(7)8;/h2-6,8H,1H3;1H. The Morgan fingerprint density at radius 3 is 2.44 bits per heavy atom. The predicted molar refractivity (Wildman–Crippen MR) is 31.2 cm³/mol. The molecular formula is C6H10INO. The first-order valence-corrected chi connectivity index (χ1v) is 2.67. The predicted octanol–water partition coefficient (Wildman–Crippen LogP) is -4.09. The highest BCUT2D eigenvalue weighted by Gasteiger charge is 2.08. The van der Waals surface area contributed by atoms with Gasteiger partial charge in [0, 0.05) is 6.08 Å². The van der Waals surface area contributed by atoms with E-state index in [1.807, 2.05) is 25.4 Å². The third-order valence-corrected chi connectivity index (χ3v) is 1.23. The van der Waals surface area contributed by atoms with E-state index < -0.39 is 0 Å². The Morgan fingerprint density at radius 1 is 1.44 bits per heavy atom. The molecule has 0 spiro atoms. The lowest BCUT2D eigenvalue weighted by molar-refractivity contribution is -0.871. The van der Waals surface area contributed by atoms with E-state index in [0.29, 0.717) is 0 Å². The number of rotatable bonds is 0. The summed E-state index contributed by atoms with van der Waals surface area (Å²) in [7, 11) is 1.91. The molecule has 9 heavy (non-hydrogen) atoms. The van der Waals surface area contributed by atoms with Gasteiger partial charge in [0.1, 0.15) is 0 Å². The van der Waals surface area contributed by atoms with Gasteiger partial charge in [-0.2, -0.15) is 0 Å². The van der Waals surface area contributed by atoms with E-state index in [4.69, 9.17) is 5.11 Å². The van der Waals surface area contributed by atoms with Gasteiger partial charge >= 0.3 is 0 Å². The third kappa shape index (κ3) is 2.47. The van der Waals surface area contributed by atoms with Gasteiger partial charge in [0.25, 0.3) is 0 Å². The van der Waals surface area contributed by atoms with Crippen molar-refractivity contribution in [3.8, 4) is 0 Å². The summed E-state index contributed by atoms with van der Waals surface area (Å²) in [5.41, 5.74) is 0. The highest BCUT2D eigenvalue weighted by atomic mass is 127. The largest absolute Gasteiger partial charge is 1.00 e. The van der Waals surface area contributed by atoms with Crippen LogP contribution in [0.3, 0.4) is 0 Å². The zero-order valence-corrected chi connectivity index (χ0v) is 7.37. The lowest BCUT2D eigenvalue weighted by atomic mass is 10.3. The average molecular weight is 239 g/mol. The van der Waals surface area contributed by atoms with Crippen LogP contribution in [0.5, 0.6) is 0 Å². The Kier molecular flexibility index (Phi) is 4.09. The van der Waals surface area contributed by atoms with Crippen LogP contribution in [0.15, 0.2) is 24.4 Å². The zero-order valence-electron chi connectivity index (χ0n) is 5.21. The maximum absolute atomic E-state index is 9.00. The fourth-order valence-electron chi connectivity index (χ4n) is 0.627. The Labute approximate surface area is 71.9 Å². The van der Waals surface area contributed by atoms with Gasteiger partial charge in [-0.1, -0.05) is 6.08 Å². The van der Waals surface area contributed by atoms with Gasteiger partial charge in [0.05, 0.1) is 13.2 Å². The van der Waals surface area contributed by atoms with Crippen molar-refractivity contribution in [2.75, 3.05) is 7.05 Å². The maximum Gasteiger partial charge on any atom is 0.213 e. The summed E-state index contributed by atoms with van der Waals surface area (Å²) in [6.07, 6.45) is 7.08. The molecule has 2 unspecified atom stereocenters. The molecular weight excluding hydrogens is 229 g/mol. The average Bonchev–Trinajstić information content (AvgIpc) is 1.77. The van der Waals surface area contributed by atoms with Crippen molar-refractivity contribution in [2.24, 2.45) is 0 Å². The number of likely N-dealkylation sites (N-methyl/N-ethyl adjacent to an activating group) is 1. The monoisotopic (exact) mass is 239 g/mol. The summed E-state index contributed by atoms with van der Waals surface area (Å²) in [5.74, 6) is 0. The number of hydrogen-bond acceptors (Lipinski definition) is 1. The number of aliphatic hydroxyl groups excluding tert-OH is 1. The molecule has 0 radical (unpaired) electrons. The topological polar surface area (TPSA) is 24.7 Å². The molecule has 3 heteroatoms. The molecule has 0 aromatic heterocycles. The number of hydrogen-bond donors (Lipinski definition) is 2. The van der Waals surface area contributed by atoms with Crippen molar-refractivity contribution in [3.63, 3.8) is 0 Å². The van der Waals surface area contributed by atoms with Gasteiger partial charge < -0.3 is 29.1 Å². The number of nitrogens with one attached hydrogen (secondary N) is 1. The molecule has 1 aliphatic heterocycles. The molecule has 2 N–H and O–H groups in total. The summed E-state index contributed by atoms with van der Waals surface area (Å²) in [6, 6.07) is 0. The summed E-state index contributed by atoms with van der Waals surface area (Å²) in [5, 5.41) is 9.00. The lowest BCUT2D eigenvalue weighted by Crippen LogP contribution is -3.08. The first-order valence-electron chi connectivity index (χ1n) is 2.67. The van der Waals surface area contributed by atoms with E-state index in [-0.39, 0.29) is 30.2 Å². The molecule has 0 saturated carbocycles. The van der Waals surface area contributed by atoms with Crippen molar-refractivity contribution in [2.45, 2.75) is 6.23 Å². The molecule has 0 aromatic carbocycles. The van der Waals surface area contributed by atoms with E-state index in [0.717, 1.165) is 4.90 Å². The summed E-state index contributed by atoms with van der Waals surface area (Å²) in [6.45, 7) is 0. The normalized spacial score (nSPS) is 31.8. The number of allylic oxidation sites excluding steroid dienone is 2. The molecule has 0 bridgehead atoms. The third-order valence-electron chi connectivity index (χ3n) is 1.23. The van der Waals surface area contributed by atoms with Crippen molar-refractivity contribution in [3.05, 3.63) is 24.4 Å². The Morgan fingerprint density at radius 2 is 2.11 bits per heavy atom. The van der Waals surface area contributed by atoms with Crippen LogP contribution in [0.1, 0.15) is 0 Å². The van der Waals surface area contributed by atoms with E-state index in [1.165, 1.54) is 0 Å². The Hall–Kier alpha value is 0.130. The minimum absolute atomic E-state index is 0. The second-order valence-corrected chi connectivity index (χ2v) is 1.93. The fourth-order valence-corrected chi connectivity index (χ4v) is 0.627. The first kappa shape index (κ1) is 9.13. The van der Waals surface area contributed by atoms with Crippen LogP contribution in [-0.4, -0.2) is 18.4 Å². The Balaban J connectivity index is 0.000000640. The highest BCUT2D eigenvalue weighted by molar-refractivity contribution is 5.03. The van der Waals surface area contributed by atoms with E-state index in [1.54, 1.807) is 6.08 Å². The van der Waals surface area contributed by atoms with Gasteiger partial charge in [-0.3, -0.25) is 4.90 Å². The molecule has 1 aliphatic rings. The smallest absolute Gasteiger partial charge is 0.213 e. The molecule has 0 amide bonds. The summed E-state index contributed by atoms with van der Waals surface area (Å²) >= 11 is 0. The summed E-state index contributed by atoms with van der Waals surface area (Å²) in [4.78, 5) is 1.01. The molecule has 0 aliphatic carbocycles. The minimum Gasteiger partial charge on any atom is -1.00 e. The summed E-state index contributed by atoms with van der Waals surface area (Å²) < 4.78 is 0. The van der Waals surface area contributed by atoms with Gasteiger partial charge in [0.2, 0.25) is 6.23 Å². The molecule has 0 saturated heterocycles.